The number of aromatic nitrogens is 2. The van der Waals surface area contributed by atoms with E-state index < -0.39 is 0 Å². The van der Waals surface area contributed by atoms with Gasteiger partial charge in [-0.15, -0.1) is 0 Å². The maximum atomic E-state index is 6.59. The fourth-order valence-electron chi connectivity index (χ4n) is 8.21. The van der Waals surface area contributed by atoms with Gasteiger partial charge in [0.05, 0.1) is 11.0 Å². The van der Waals surface area contributed by atoms with Crippen LogP contribution in [0.3, 0.4) is 0 Å². The van der Waals surface area contributed by atoms with E-state index in [0.29, 0.717) is 5.89 Å². The molecule has 0 atom stereocenters. The zero-order valence-electron chi connectivity index (χ0n) is 29.8. The van der Waals surface area contributed by atoms with Gasteiger partial charge in [-0.2, -0.15) is 0 Å². The van der Waals surface area contributed by atoms with E-state index >= 15 is 0 Å². The Kier molecular flexibility index (Phi) is 7.14. The Labute approximate surface area is 317 Å². The highest BCUT2D eigenvalue weighted by Crippen LogP contribution is 2.42. The summed E-state index contributed by atoms with van der Waals surface area (Å²) >= 11 is 0. The maximum Gasteiger partial charge on any atom is 0.227 e. The number of para-hydroxylation sites is 2. The summed E-state index contributed by atoms with van der Waals surface area (Å²) in [7, 11) is 0. The molecule has 4 nitrogen and oxygen atoms in total. The lowest BCUT2D eigenvalue weighted by Crippen LogP contribution is -2.10. The second-order valence-electron chi connectivity index (χ2n) is 14.0. The van der Waals surface area contributed by atoms with Crippen molar-refractivity contribution in [1.29, 1.82) is 0 Å². The largest absolute Gasteiger partial charge is 0.435 e. The van der Waals surface area contributed by atoms with Gasteiger partial charge in [0.1, 0.15) is 5.52 Å². The summed E-state index contributed by atoms with van der Waals surface area (Å²) in [6, 6.07) is 71.1. The predicted octanol–water partition coefficient (Wildman–Crippen LogP) is 14.0. The molecule has 0 fully saturated rings. The topological polar surface area (TPSA) is 34.2 Å². The van der Waals surface area contributed by atoms with E-state index in [1.807, 2.05) is 30.3 Å². The monoisotopic (exact) mass is 703 g/mol. The Balaban J connectivity index is 1.13. The third-order valence-electron chi connectivity index (χ3n) is 10.8. The second kappa shape index (κ2) is 12.6. The molecule has 0 bridgehead atoms. The van der Waals surface area contributed by atoms with E-state index in [1.165, 1.54) is 27.4 Å². The van der Waals surface area contributed by atoms with E-state index in [0.717, 1.165) is 66.5 Å². The minimum absolute atomic E-state index is 0.625. The van der Waals surface area contributed by atoms with Gasteiger partial charge in [0.15, 0.2) is 5.58 Å². The molecule has 0 saturated heterocycles. The molecule has 4 heteroatoms. The SMILES string of the molecule is c1ccc(-c2cccc(-n3c4ccccc4c4ccc(N(c5ccccc5)c5ccc6ccc7ccc8nc(-c9ccccc9)oc8c7c6c5)cc43)c2)cc1. The van der Waals surface area contributed by atoms with Crippen LogP contribution in [-0.2, 0) is 0 Å². The first kappa shape index (κ1) is 31.1. The Morgan fingerprint density at radius 3 is 1.89 bits per heavy atom. The Bertz CT molecular complexity index is 3200. The van der Waals surface area contributed by atoms with Crippen molar-refractivity contribution in [2.75, 3.05) is 4.90 Å². The minimum atomic E-state index is 0.625. The highest BCUT2D eigenvalue weighted by Gasteiger charge is 2.20. The lowest BCUT2D eigenvalue weighted by atomic mass is 10.00. The molecule has 9 aromatic carbocycles. The van der Waals surface area contributed by atoms with Crippen molar-refractivity contribution < 1.29 is 4.42 Å². The molecule has 0 aliphatic carbocycles. The van der Waals surface area contributed by atoms with Gasteiger partial charge in [0, 0.05) is 44.5 Å². The normalized spacial score (nSPS) is 11.6. The van der Waals surface area contributed by atoms with Crippen molar-refractivity contribution in [2.24, 2.45) is 0 Å². The molecule has 0 saturated carbocycles. The molecule has 0 aliphatic rings. The van der Waals surface area contributed by atoms with Crippen LogP contribution >= 0.6 is 0 Å². The number of benzene rings is 9. The summed E-state index contributed by atoms with van der Waals surface area (Å²) in [4.78, 5) is 7.27. The predicted molar refractivity (Wildman–Crippen MR) is 229 cm³/mol. The van der Waals surface area contributed by atoms with Crippen LogP contribution in [0.5, 0.6) is 0 Å². The van der Waals surface area contributed by atoms with Crippen LogP contribution in [0, 0.1) is 0 Å². The average Bonchev–Trinajstić information content (AvgIpc) is 3.84. The number of anilines is 3. The highest BCUT2D eigenvalue weighted by atomic mass is 16.3. The first-order valence-electron chi connectivity index (χ1n) is 18.6. The fraction of sp³-hybridized carbons (Fsp3) is 0. The molecule has 2 aromatic heterocycles. The van der Waals surface area contributed by atoms with Gasteiger partial charge in [0.2, 0.25) is 5.89 Å². The van der Waals surface area contributed by atoms with Gasteiger partial charge in [-0.3, -0.25) is 0 Å². The Morgan fingerprint density at radius 1 is 0.418 bits per heavy atom. The zero-order chi connectivity index (χ0) is 36.3. The van der Waals surface area contributed by atoms with Crippen LogP contribution in [0.25, 0.3) is 82.7 Å². The van der Waals surface area contributed by atoms with Gasteiger partial charge in [-0.1, -0.05) is 127 Å². The van der Waals surface area contributed by atoms with E-state index in [1.54, 1.807) is 0 Å². The molecule has 11 aromatic rings. The van der Waals surface area contributed by atoms with Crippen molar-refractivity contribution in [3.8, 4) is 28.3 Å². The summed E-state index contributed by atoms with van der Waals surface area (Å²) < 4.78 is 8.99. The van der Waals surface area contributed by atoms with Crippen LogP contribution in [0.15, 0.2) is 205 Å². The van der Waals surface area contributed by atoms with Gasteiger partial charge >= 0.3 is 0 Å². The van der Waals surface area contributed by atoms with E-state index in [9.17, 15) is 0 Å². The van der Waals surface area contributed by atoms with E-state index in [2.05, 4.69) is 179 Å². The summed E-state index contributed by atoms with van der Waals surface area (Å²) in [6.45, 7) is 0. The smallest absolute Gasteiger partial charge is 0.227 e. The Morgan fingerprint density at radius 2 is 1.05 bits per heavy atom. The van der Waals surface area contributed by atoms with Crippen molar-refractivity contribution in [2.45, 2.75) is 0 Å². The molecule has 0 amide bonds. The molecule has 0 aliphatic heterocycles. The number of fused-ring (bicyclic) bond motifs is 8. The molecular weight excluding hydrogens is 671 g/mol. The summed E-state index contributed by atoms with van der Waals surface area (Å²) in [5.41, 5.74) is 11.6. The molecule has 258 valence electrons. The standard InChI is InChI=1S/C51H33N3O/c1-4-13-34(14-5-1)38-17-12-20-40(31-38)54-47-22-11-10-21-43(47)44-29-28-42(33-48(44)54)53(39-18-8-3-9-19-39)41-27-25-35-23-24-36-26-30-46-50(49(36)45(35)32-41)55-51(52-46)37-15-6-2-7-16-37/h1-33H. The molecule has 55 heavy (non-hydrogen) atoms. The molecule has 11 rings (SSSR count). The third kappa shape index (κ3) is 5.19. The molecule has 2 heterocycles. The quantitative estimate of drug-likeness (QED) is 0.162. The van der Waals surface area contributed by atoms with E-state index in [-0.39, 0.29) is 0 Å². The number of rotatable bonds is 6. The summed E-state index contributed by atoms with van der Waals surface area (Å²) in [5.74, 6) is 0.625. The lowest BCUT2D eigenvalue weighted by molar-refractivity contribution is 0.623. The molecule has 0 unspecified atom stereocenters. The number of hydrogen-bond acceptors (Lipinski definition) is 3. The lowest BCUT2D eigenvalue weighted by Gasteiger charge is -2.26. The molecule has 0 spiro atoms. The second-order valence-corrected chi connectivity index (χ2v) is 14.0. The van der Waals surface area contributed by atoms with Crippen LogP contribution in [0.1, 0.15) is 0 Å². The number of hydrogen-bond donors (Lipinski definition) is 0. The van der Waals surface area contributed by atoms with Gasteiger partial charge in [-0.25, -0.2) is 4.98 Å². The van der Waals surface area contributed by atoms with Crippen molar-refractivity contribution >= 4 is 71.5 Å². The van der Waals surface area contributed by atoms with Gasteiger partial charge < -0.3 is 13.9 Å². The molecule has 0 radical (unpaired) electrons. The average molecular weight is 704 g/mol. The highest BCUT2D eigenvalue weighted by molar-refractivity contribution is 6.19. The number of oxazole rings is 1. The zero-order valence-corrected chi connectivity index (χ0v) is 29.8. The van der Waals surface area contributed by atoms with Crippen LogP contribution < -0.4 is 4.90 Å². The summed E-state index contributed by atoms with van der Waals surface area (Å²) in [6.07, 6.45) is 0. The minimum Gasteiger partial charge on any atom is -0.435 e. The first-order valence-corrected chi connectivity index (χ1v) is 18.6. The van der Waals surface area contributed by atoms with Crippen molar-refractivity contribution in [1.82, 2.24) is 9.55 Å². The van der Waals surface area contributed by atoms with Crippen LogP contribution in [-0.4, -0.2) is 9.55 Å². The fourth-order valence-corrected chi connectivity index (χ4v) is 8.21. The Hall–Kier alpha value is -7.43. The summed E-state index contributed by atoms with van der Waals surface area (Å²) in [5, 5.41) is 6.87. The molecular formula is C51H33N3O. The van der Waals surface area contributed by atoms with Crippen LogP contribution in [0.4, 0.5) is 17.1 Å². The van der Waals surface area contributed by atoms with Gasteiger partial charge in [-0.05, 0) is 100 Å². The van der Waals surface area contributed by atoms with Crippen molar-refractivity contribution in [3.63, 3.8) is 0 Å². The molecule has 0 N–H and O–H groups in total. The number of nitrogens with zero attached hydrogens (tertiary/aromatic N) is 3. The third-order valence-corrected chi connectivity index (χ3v) is 10.8. The maximum absolute atomic E-state index is 6.59. The van der Waals surface area contributed by atoms with Crippen molar-refractivity contribution in [3.05, 3.63) is 200 Å². The van der Waals surface area contributed by atoms with Gasteiger partial charge in [0.25, 0.3) is 0 Å². The first-order chi connectivity index (χ1) is 27.3. The van der Waals surface area contributed by atoms with Crippen LogP contribution in [0.2, 0.25) is 0 Å². The van der Waals surface area contributed by atoms with E-state index in [4.69, 9.17) is 9.40 Å².